The number of carboxylic acid groups (broad SMARTS) is 1. The summed E-state index contributed by atoms with van der Waals surface area (Å²) in [7, 11) is 0. The lowest BCUT2D eigenvalue weighted by molar-refractivity contribution is -0.385. The van der Waals surface area contributed by atoms with Gasteiger partial charge in [0.25, 0.3) is 0 Å². The number of aryl methyl sites for hydroxylation is 1. The number of aromatic nitrogens is 2. The zero-order valence-corrected chi connectivity index (χ0v) is 10.1. The first-order valence-electron chi connectivity index (χ1n) is 5.48. The number of aromatic carboxylic acids is 1. The molecule has 0 aliphatic rings. The Hall–Kier alpha value is -2.70. The van der Waals surface area contributed by atoms with E-state index in [-0.39, 0.29) is 0 Å². The van der Waals surface area contributed by atoms with Crippen molar-refractivity contribution in [1.82, 2.24) is 9.78 Å². The van der Waals surface area contributed by atoms with E-state index in [1.165, 1.54) is 4.68 Å². The van der Waals surface area contributed by atoms with Gasteiger partial charge in [-0.25, -0.2) is 4.79 Å². The van der Waals surface area contributed by atoms with E-state index in [1.54, 1.807) is 0 Å². The third-order valence-corrected chi connectivity index (χ3v) is 2.74. The Balaban J connectivity index is 2.37. The maximum atomic E-state index is 10.9. The minimum Gasteiger partial charge on any atom is -0.476 e. The quantitative estimate of drug-likeness (QED) is 0.668. The van der Waals surface area contributed by atoms with Gasteiger partial charge in [0.15, 0.2) is 0 Å². The standard InChI is InChI=1S/C12H11N3O4/c1-8-4-2-3-5-9(8)6-14-7-10(15(18)19)11(13-14)12(16)17/h2-5,7H,6H2,1H3,(H,16,17). The molecule has 0 aliphatic heterocycles. The van der Waals surface area contributed by atoms with E-state index >= 15 is 0 Å². The lowest BCUT2D eigenvalue weighted by atomic mass is 10.1. The van der Waals surface area contributed by atoms with Gasteiger partial charge in [-0.2, -0.15) is 5.10 Å². The van der Waals surface area contributed by atoms with Gasteiger partial charge in [-0.1, -0.05) is 24.3 Å². The number of rotatable bonds is 4. The lowest BCUT2D eigenvalue weighted by Crippen LogP contribution is -2.05. The van der Waals surface area contributed by atoms with Gasteiger partial charge in [0.1, 0.15) is 6.20 Å². The molecule has 0 saturated carbocycles. The third kappa shape index (κ3) is 2.59. The first-order chi connectivity index (χ1) is 8.99. The molecular weight excluding hydrogens is 250 g/mol. The number of carboxylic acids is 1. The van der Waals surface area contributed by atoms with Crippen LogP contribution < -0.4 is 0 Å². The predicted octanol–water partition coefficient (Wildman–Crippen LogP) is 1.85. The van der Waals surface area contributed by atoms with Gasteiger partial charge in [0.2, 0.25) is 5.69 Å². The molecule has 0 fully saturated rings. The smallest absolute Gasteiger partial charge is 0.363 e. The first-order valence-corrected chi connectivity index (χ1v) is 5.48. The number of hydrogen-bond acceptors (Lipinski definition) is 4. The van der Waals surface area contributed by atoms with Crippen LogP contribution in [0.4, 0.5) is 5.69 Å². The second kappa shape index (κ2) is 4.89. The Morgan fingerprint density at radius 1 is 1.47 bits per heavy atom. The molecule has 1 N–H and O–H groups in total. The van der Waals surface area contributed by atoms with Crippen LogP contribution in [0.5, 0.6) is 0 Å². The van der Waals surface area contributed by atoms with E-state index in [0.717, 1.165) is 17.3 Å². The number of nitrogens with zero attached hydrogens (tertiary/aromatic N) is 3. The number of benzene rings is 1. The van der Waals surface area contributed by atoms with Crippen LogP contribution in [0.25, 0.3) is 0 Å². The minimum absolute atomic E-state index is 0.292. The Kier molecular flexibility index (Phi) is 3.28. The molecule has 0 amide bonds. The van der Waals surface area contributed by atoms with Crippen LogP contribution >= 0.6 is 0 Å². The van der Waals surface area contributed by atoms with E-state index in [2.05, 4.69) is 5.10 Å². The number of carbonyl (C=O) groups is 1. The van der Waals surface area contributed by atoms with Crippen LogP contribution in [-0.2, 0) is 6.54 Å². The van der Waals surface area contributed by atoms with Crippen molar-refractivity contribution in [2.45, 2.75) is 13.5 Å². The largest absolute Gasteiger partial charge is 0.476 e. The van der Waals surface area contributed by atoms with Gasteiger partial charge in [-0.15, -0.1) is 0 Å². The maximum absolute atomic E-state index is 10.9. The van der Waals surface area contributed by atoms with E-state index in [9.17, 15) is 14.9 Å². The van der Waals surface area contributed by atoms with Crippen molar-refractivity contribution >= 4 is 11.7 Å². The van der Waals surface area contributed by atoms with Crippen LogP contribution in [0.15, 0.2) is 30.5 Å². The van der Waals surface area contributed by atoms with Crippen LogP contribution in [0, 0.1) is 17.0 Å². The van der Waals surface area contributed by atoms with Crippen molar-refractivity contribution in [2.24, 2.45) is 0 Å². The molecule has 19 heavy (non-hydrogen) atoms. The summed E-state index contributed by atoms with van der Waals surface area (Å²) in [6.45, 7) is 2.20. The van der Waals surface area contributed by atoms with E-state index in [4.69, 9.17) is 5.11 Å². The van der Waals surface area contributed by atoms with Crippen molar-refractivity contribution in [1.29, 1.82) is 0 Å². The molecule has 0 bridgehead atoms. The van der Waals surface area contributed by atoms with Gasteiger partial charge in [-0.3, -0.25) is 14.8 Å². The van der Waals surface area contributed by atoms with E-state index in [0.29, 0.717) is 6.54 Å². The summed E-state index contributed by atoms with van der Waals surface area (Å²) in [4.78, 5) is 20.9. The molecule has 2 rings (SSSR count). The summed E-state index contributed by atoms with van der Waals surface area (Å²) in [6, 6.07) is 7.50. The second-order valence-electron chi connectivity index (χ2n) is 4.05. The van der Waals surface area contributed by atoms with Crippen molar-refractivity contribution < 1.29 is 14.8 Å². The summed E-state index contributed by atoms with van der Waals surface area (Å²) in [5, 5.41) is 23.4. The summed E-state index contributed by atoms with van der Waals surface area (Å²) in [5.41, 5.74) is 0.897. The monoisotopic (exact) mass is 261 g/mol. The zero-order chi connectivity index (χ0) is 14.0. The van der Waals surface area contributed by atoms with Gasteiger partial charge < -0.3 is 5.11 Å². The molecule has 0 unspecified atom stereocenters. The van der Waals surface area contributed by atoms with Crippen molar-refractivity contribution in [3.8, 4) is 0 Å². The normalized spacial score (nSPS) is 10.4. The molecule has 0 atom stereocenters. The molecular formula is C12H11N3O4. The third-order valence-electron chi connectivity index (χ3n) is 2.74. The lowest BCUT2D eigenvalue weighted by Gasteiger charge is -2.04. The number of hydrogen-bond donors (Lipinski definition) is 1. The molecule has 7 nitrogen and oxygen atoms in total. The summed E-state index contributed by atoms with van der Waals surface area (Å²) in [6.07, 6.45) is 1.13. The van der Waals surface area contributed by atoms with Crippen LogP contribution in [0.2, 0.25) is 0 Å². The summed E-state index contributed by atoms with van der Waals surface area (Å²) in [5.74, 6) is -1.41. The minimum atomic E-state index is -1.41. The Morgan fingerprint density at radius 2 is 2.16 bits per heavy atom. The van der Waals surface area contributed by atoms with Crippen molar-refractivity contribution in [3.05, 3.63) is 57.4 Å². The predicted molar refractivity (Wildman–Crippen MR) is 66.1 cm³/mol. The molecule has 0 saturated heterocycles. The fourth-order valence-corrected chi connectivity index (χ4v) is 1.74. The Bertz CT molecular complexity index is 617. The first kappa shape index (κ1) is 12.7. The molecule has 0 spiro atoms. The summed E-state index contributed by atoms with van der Waals surface area (Å²) < 4.78 is 1.27. The summed E-state index contributed by atoms with van der Waals surface area (Å²) >= 11 is 0. The van der Waals surface area contributed by atoms with E-state index in [1.807, 2.05) is 31.2 Å². The second-order valence-corrected chi connectivity index (χ2v) is 4.05. The fraction of sp³-hybridized carbons (Fsp3) is 0.167. The highest BCUT2D eigenvalue weighted by molar-refractivity contribution is 5.89. The molecule has 1 aromatic carbocycles. The zero-order valence-electron chi connectivity index (χ0n) is 10.1. The number of nitro groups is 1. The molecule has 98 valence electrons. The SMILES string of the molecule is Cc1ccccc1Cn1cc([N+](=O)[O-])c(C(=O)O)n1. The maximum Gasteiger partial charge on any atom is 0.363 e. The highest BCUT2D eigenvalue weighted by Crippen LogP contribution is 2.18. The highest BCUT2D eigenvalue weighted by Gasteiger charge is 2.25. The molecule has 1 heterocycles. The Morgan fingerprint density at radius 3 is 2.68 bits per heavy atom. The van der Waals surface area contributed by atoms with Gasteiger partial charge in [0, 0.05) is 0 Å². The highest BCUT2D eigenvalue weighted by atomic mass is 16.6. The van der Waals surface area contributed by atoms with Gasteiger partial charge in [0.05, 0.1) is 11.5 Å². The van der Waals surface area contributed by atoms with Crippen LogP contribution in [0.3, 0.4) is 0 Å². The average molecular weight is 261 g/mol. The molecule has 0 aliphatic carbocycles. The molecule has 2 aromatic rings. The average Bonchev–Trinajstić information content (AvgIpc) is 2.76. The van der Waals surface area contributed by atoms with Gasteiger partial charge >= 0.3 is 11.7 Å². The molecule has 7 heteroatoms. The molecule has 0 radical (unpaired) electrons. The fourth-order valence-electron chi connectivity index (χ4n) is 1.74. The van der Waals surface area contributed by atoms with Crippen LogP contribution in [-0.4, -0.2) is 25.8 Å². The van der Waals surface area contributed by atoms with Crippen LogP contribution in [0.1, 0.15) is 21.6 Å². The molecule has 1 aromatic heterocycles. The van der Waals surface area contributed by atoms with Gasteiger partial charge in [-0.05, 0) is 18.1 Å². The van der Waals surface area contributed by atoms with Crippen molar-refractivity contribution in [3.63, 3.8) is 0 Å². The Labute approximate surface area is 108 Å². The van der Waals surface area contributed by atoms with E-state index < -0.39 is 22.3 Å². The topological polar surface area (TPSA) is 98.3 Å². The van der Waals surface area contributed by atoms with Crippen molar-refractivity contribution in [2.75, 3.05) is 0 Å².